The molecule has 1 aliphatic rings. The lowest BCUT2D eigenvalue weighted by Gasteiger charge is -2.29. The molecule has 0 radical (unpaired) electrons. The predicted molar refractivity (Wildman–Crippen MR) is 90.7 cm³/mol. The second kappa shape index (κ2) is 7.49. The molecule has 0 atom stereocenters. The number of halogens is 3. The third kappa shape index (κ3) is 4.52. The van der Waals surface area contributed by atoms with Gasteiger partial charge in [-0.25, -0.2) is 5.48 Å². The van der Waals surface area contributed by atoms with Crippen LogP contribution in [0.4, 0.5) is 18.9 Å². The summed E-state index contributed by atoms with van der Waals surface area (Å²) < 4.78 is 42.6. The number of ether oxygens (including phenoxy) is 1. The van der Waals surface area contributed by atoms with Gasteiger partial charge in [0.05, 0.1) is 12.2 Å². The molecule has 6 nitrogen and oxygen atoms in total. The van der Waals surface area contributed by atoms with E-state index in [1.807, 2.05) is 0 Å². The molecule has 27 heavy (non-hydrogen) atoms. The molecule has 0 spiro atoms. The number of rotatable bonds is 4. The zero-order valence-electron chi connectivity index (χ0n) is 13.6. The molecule has 2 aromatic rings. The number of anilines is 1. The second-order valence-corrected chi connectivity index (χ2v) is 6.72. The van der Waals surface area contributed by atoms with Gasteiger partial charge in [0.15, 0.2) is 6.61 Å². The minimum absolute atomic E-state index is 0.0434. The second-order valence-electron chi connectivity index (χ2n) is 5.58. The number of benzene rings is 2. The molecule has 0 saturated heterocycles. The number of hydroxylamine groups is 1. The number of hydrogen-bond donors (Lipinski definition) is 2. The van der Waals surface area contributed by atoms with Gasteiger partial charge in [-0.3, -0.25) is 14.8 Å². The lowest BCUT2D eigenvalue weighted by Crippen LogP contribution is -2.38. The molecular weight excluding hydrogens is 385 g/mol. The van der Waals surface area contributed by atoms with Gasteiger partial charge in [0.2, 0.25) is 0 Å². The number of carbonyl (C=O) groups excluding carboxylic acids is 2. The molecule has 10 heteroatoms. The molecule has 2 aromatic carbocycles. The molecular formula is C17H13F3N2O4S. The number of alkyl halides is 3. The van der Waals surface area contributed by atoms with Gasteiger partial charge in [-0.2, -0.15) is 13.2 Å². The normalized spacial score (nSPS) is 13.8. The monoisotopic (exact) mass is 398 g/mol. The molecule has 0 unspecified atom stereocenters. The van der Waals surface area contributed by atoms with Crippen molar-refractivity contribution in [2.45, 2.75) is 16.9 Å². The minimum Gasteiger partial charge on any atom is -0.482 e. The van der Waals surface area contributed by atoms with Crippen LogP contribution in [0, 0.1) is 0 Å². The van der Waals surface area contributed by atoms with E-state index in [1.54, 1.807) is 0 Å². The first-order chi connectivity index (χ1) is 12.8. The van der Waals surface area contributed by atoms with E-state index < -0.39 is 11.4 Å². The van der Waals surface area contributed by atoms with Gasteiger partial charge >= 0.3 is 5.51 Å². The van der Waals surface area contributed by atoms with Crippen molar-refractivity contribution in [1.29, 1.82) is 0 Å². The first-order valence-corrected chi connectivity index (χ1v) is 8.45. The number of thioether (sulfide) groups is 1. The Bertz CT molecular complexity index is 871. The van der Waals surface area contributed by atoms with Crippen LogP contribution < -0.4 is 15.1 Å². The van der Waals surface area contributed by atoms with Gasteiger partial charge in [-0.15, -0.1) is 0 Å². The van der Waals surface area contributed by atoms with Gasteiger partial charge in [0.25, 0.3) is 11.8 Å². The van der Waals surface area contributed by atoms with Crippen molar-refractivity contribution in [3.05, 3.63) is 53.6 Å². The number of nitrogens with zero attached hydrogens (tertiary/aromatic N) is 1. The quantitative estimate of drug-likeness (QED) is 0.469. The van der Waals surface area contributed by atoms with E-state index in [0.717, 1.165) is 0 Å². The maximum atomic E-state index is 12.4. The largest absolute Gasteiger partial charge is 0.482 e. The Labute approximate surface area is 155 Å². The van der Waals surface area contributed by atoms with Crippen molar-refractivity contribution in [3.8, 4) is 5.75 Å². The highest BCUT2D eigenvalue weighted by Crippen LogP contribution is 2.37. The van der Waals surface area contributed by atoms with Crippen molar-refractivity contribution >= 4 is 29.3 Å². The topological polar surface area (TPSA) is 78.9 Å². The SMILES string of the molecule is O=C(NO)c1ccc2c(c1)N(Cc1ccc(SC(F)(F)F)cc1)C(=O)CO2. The summed E-state index contributed by atoms with van der Waals surface area (Å²) in [5.74, 6) is -0.726. The maximum Gasteiger partial charge on any atom is 0.446 e. The molecule has 1 heterocycles. The smallest absolute Gasteiger partial charge is 0.446 e. The van der Waals surface area contributed by atoms with E-state index in [-0.39, 0.29) is 41.3 Å². The average Bonchev–Trinajstić information content (AvgIpc) is 2.63. The highest BCUT2D eigenvalue weighted by Gasteiger charge is 2.29. The molecule has 2 N–H and O–H groups in total. The van der Waals surface area contributed by atoms with Crippen LogP contribution in [-0.2, 0) is 11.3 Å². The molecule has 142 valence electrons. The van der Waals surface area contributed by atoms with Crippen LogP contribution in [0.1, 0.15) is 15.9 Å². The lowest BCUT2D eigenvalue weighted by atomic mass is 10.1. The van der Waals surface area contributed by atoms with Crippen LogP contribution in [0.2, 0.25) is 0 Å². The van der Waals surface area contributed by atoms with Gasteiger partial charge in [0, 0.05) is 10.5 Å². The first kappa shape index (κ1) is 19.1. The van der Waals surface area contributed by atoms with Crippen LogP contribution >= 0.6 is 11.8 Å². The Morgan fingerprint density at radius 1 is 1.22 bits per heavy atom. The van der Waals surface area contributed by atoms with Gasteiger partial charge in [0.1, 0.15) is 5.75 Å². The van der Waals surface area contributed by atoms with Crippen molar-refractivity contribution in [2.75, 3.05) is 11.5 Å². The summed E-state index contributed by atoms with van der Waals surface area (Å²) in [7, 11) is 0. The first-order valence-electron chi connectivity index (χ1n) is 7.63. The molecule has 2 amide bonds. The fourth-order valence-electron chi connectivity index (χ4n) is 2.56. The maximum absolute atomic E-state index is 12.4. The summed E-state index contributed by atoms with van der Waals surface area (Å²) in [6.07, 6.45) is 0. The Hall–Kier alpha value is -2.72. The molecule has 0 bridgehead atoms. The number of amides is 2. The number of hydrogen-bond acceptors (Lipinski definition) is 5. The van der Waals surface area contributed by atoms with E-state index in [9.17, 15) is 22.8 Å². The molecule has 0 aromatic heterocycles. The molecule has 1 aliphatic heterocycles. The third-order valence-corrected chi connectivity index (χ3v) is 4.50. The fraction of sp³-hybridized carbons (Fsp3) is 0.176. The zero-order chi connectivity index (χ0) is 19.6. The summed E-state index contributed by atoms with van der Waals surface area (Å²) >= 11 is -0.216. The van der Waals surface area contributed by atoms with E-state index in [4.69, 9.17) is 9.94 Å². The van der Waals surface area contributed by atoms with Crippen molar-refractivity contribution < 1.29 is 32.7 Å². The van der Waals surface area contributed by atoms with E-state index in [0.29, 0.717) is 17.0 Å². The molecule has 0 saturated carbocycles. The highest BCUT2D eigenvalue weighted by molar-refractivity contribution is 8.00. The minimum atomic E-state index is -4.37. The van der Waals surface area contributed by atoms with Crippen LogP contribution in [0.15, 0.2) is 47.4 Å². The third-order valence-electron chi connectivity index (χ3n) is 3.76. The Morgan fingerprint density at radius 3 is 2.56 bits per heavy atom. The highest BCUT2D eigenvalue weighted by atomic mass is 32.2. The van der Waals surface area contributed by atoms with E-state index in [1.165, 1.54) is 52.8 Å². The van der Waals surface area contributed by atoms with Crippen LogP contribution in [0.5, 0.6) is 5.75 Å². The van der Waals surface area contributed by atoms with Gasteiger partial charge in [-0.1, -0.05) is 12.1 Å². The summed E-state index contributed by atoms with van der Waals surface area (Å²) in [4.78, 5) is 25.3. The van der Waals surface area contributed by atoms with Crippen LogP contribution in [-0.4, -0.2) is 29.1 Å². The summed E-state index contributed by atoms with van der Waals surface area (Å²) in [5, 5.41) is 8.76. The van der Waals surface area contributed by atoms with Gasteiger partial charge in [-0.05, 0) is 47.7 Å². The van der Waals surface area contributed by atoms with Crippen LogP contribution in [0.25, 0.3) is 0 Å². The van der Waals surface area contributed by atoms with Crippen molar-refractivity contribution in [3.63, 3.8) is 0 Å². The summed E-state index contributed by atoms with van der Waals surface area (Å²) in [6.45, 7) is -0.100. The molecule has 0 aliphatic carbocycles. The van der Waals surface area contributed by atoms with Crippen molar-refractivity contribution in [2.24, 2.45) is 0 Å². The van der Waals surface area contributed by atoms with Gasteiger partial charge < -0.3 is 9.64 Å². The number of carbonyl (C=O) groups is 2. The predicted octanol–water partition coefficient (Wildman–Crippen LogP) is 3.34. The van der Waals surface area contributed by atoms with Crippen LogP contribution in [0.3, 0.4) is 0 Å². The summed E-state index contributed by atoms with van der Waals surface area (Å²) in [5.41, 5.74) is -1.79. The van der Waals surface area contributed by atoms with E-state index in [2.05, 4.69) is 0 Å². The zero-order valence-corrected chi connectivity index (χ0v) is 14.4. The number of fused-ring (bicyclic) bond motifs is 1. The number of nitrogens with one attached hydrogen (secondary N) is 1. The van der Waals surface area contributed by atoms with E-state index >= 15 is 0 Å². The Kier molecular flexibility index (Phi) is 5.29. The van der Waals surface area contributed by atoms with Crippen molar-refractivity contribution in [1.82, 2.24) is 5.48 Å². The standard InChI is InChI=1S/C17H13F3N2O4S/c18-17(19,20)27-12-4-1-10(2-5-12)8-22-13-7-11(16(24)21-25)3-6-14(13)26-9-15(22)23/h1-7,25H,8-9H2,(H,21,24). The summed E-state index contributed by atoms with van der Waals surface area (Å²) in [6, 6.07) is 9.99. The Morgan fingerprint density at radius 2 is 1.93 bits per heavy atom. The molecule has 0 fully saturated rings. The molecule has 3 rings (SSSR count). The Balaban J connectivity index is 1.85. The fourth-order valence-corrected chi connectivity index (χ4v) is 3.10. The lowest BCUT2D eigenvalue weighted by molar-refractivity contribution is -0.121. The average molecular weight is 398 g/mol.